The number of nitrogens with one attached hydrogen (secondary N) is 1. The standard InChI is InChI=1S/C26H27N5O5S2.Na/c1-18-25(21-7-4-3-5-8-21)19(2)31(29-18)22-13-11-20(12-14-22)15-16-28-26(32)30-38(35,36)24-10-6-9-23(17-24)37(27,33)34;/h3-14,17H,15-16H2,1-2H3,(H4,27,28,30,32,33,34);/q;+1/p-1. The third kappa shape index (κ3) is 7.35. The van der Waals surface area contributed by atoms with Crippen LogP contribution in [0.2, 0.25) is 0 Å². The van der Waals surface area contributed by atoms with Gasteiger partial charge in [-0.05, 0) is 68.3 Å². The van der Waals surface area contributed by atoms with E-state index in [0.717, 1.165) is 52.0 Å². The van der Waals surface area contributed by atoms with Crippen molar-refractivity contribution in [3.05, 3.63) is 101 Å². The van der Waals surface area contributed by atoms with Crippen molar-refractivity contribution in [3.63, 3.8) is 0 Å². The average Bonchev–Trinajstić information content (AvgIpc) is 3.18. The zero-order valence-electron chi connectivity index (χ0n) is 21.7. The normalized spacial score (nSPS) is 11.5. The van der Waals surface area contributed by atoms with Crippen LogP contribution in [0.5, 0.6) is 0 Å². The second kappa shape index (κ2) is 12.5. The number of nitrogens with zero attached hydrogens (tertiary/aromatic N) is 3. The summed E-state index contributed by atoms with van der Waals surface area (Å²) in [7, 11) is -8.52. The molecule has 0 saturated carbocycles. The van der Waals surface area contributed by atoms with E-state index in [0.29, 0.717) is 6.42 Å². The van der Waals surface area contributed by atoms with Crippen molar-refractivity contribution >= 4 is 26.1 Å². The van der Waals surface area contributed by atoms with Gasteiger partial charge in [-0.1, -0.05) is 48.5 Å². The Hall–Kier alpha value is -3.00. The summed E-state index contributed by atoms with van der Waals surface area (Å²) >= 11 is 0. The molecule has 0 radical (unpaired) electrons. The van der Waals surface area contributed by atoms with Gasteiger partial charge in [0, 0.05) is 11.3 Å². The van der Waals surface area contributed by atoms with E-state index in [1.54, 1.807) is 0 Å². The van der Waals surface area contributed by atoms with E-state index in [1.807, 2.05) is 61.0 Å². The molecule has 10 nitrogen and oxygen atoms in total. The summed E-state index contributed by atoms with van der Waals surface area (Å²) in [5.74, 6) is 0. The summed E-state index contributed by atoms with van der Waals surface area (Å²) in [6.45, 7) is 4.14. The molecule has 3 aromatic carbocycles. The predicted octanol–water partition coefficient (Wildman–Crippen LogP) is 0.822. The fraction of sp³-hybridized carbons (Fsp3) is 0.154. The molecule has 0 aliphatic carbocycles. The monoisotopic (exact) mass is 575 g/mol. The number of primary sulfonamides is 1. The van der Waals surface area contributed by atoms with Crippen LogP contribution >= 0.6 is 0 Å². The number of nitrogens with two attached hydrogens (primary N) is 1. The molecule has 1 heterocycles. The van der Waals surface area contributed by atoms with Crippen LogP contribution in [0.3, 0.4) is 0 Å². The van der Waals surface area contributed by atoms with Crippen molar-refractivity contribution in [1.82, 2.24) is 15.1 Å². The number of rotatable bonds is 8. The molecular weight excluding hydrogens is 549 g/mol. The van der Waals surface area contributed by atoms with E-state index in [2.05, 4.69) is 22.2 Å². The number of carbonyl (C=O) groups is 1. The van der Waals surface area contributed by atoms with Gasteiger partial charge in [-0.3, -0.25) is 4.79 Å². The van der Waals surface area contributed by atoms with E-state index >= 15 is 0 Å². The van der Waals surface area contributed by atoms with Crippen molar-refractivity contribution in [2.75, 3.05) is 6.54 Å². The maximum atomic E-state index is 12.4. The van der Waals surface area contributed by atoms with Crippen LogP contribution in [-0.2, 0) is 26.5 Å². The minimum Gasteiger partial charge on any atom is -0.448 e. The summed E-state index contributed by atoms with van der Waals surface area (Å²) in [5, 5.41) is 12.2. The molecule has 13 heteroatoms. The fourth-order valence-corrected chi connectivity index (χ4v) is 5.59. The third-order valence-electron chi connectivity index (χ3n) is 5.86. The molecule has 3 N–H and O–H groups in total. The molecule has 0 saturated heterocycles. The second-order valence-corrected chi connectivity index (χ2v) is 11.7. The van der Waals surface area contributed by atoms with Crippen molar-refractivity contribution in [2.24, 2.45) is 5.14 Å². The number of aryl methyl sites for hydroxylation is 1. The predicted molar refractivity (Wildman–Crippen MR) is 144 cm³/mol. The van der Waals surface area contributed by atoms with Gasteiger partial charge in [0.15, 0.2) is 6.03 Å². The van der Waals surface area contributed by atoms with Crippen LogP contribution in [0.4, 0.5) is 4.79 Å². The molecule has 0 bridgehead atoms. The van der Waals surface area contributed by atoms with Crippen LogP contribution in [0.1, 0.15) is 17.0 Å². The van der Waals surface area contributed by atoms with E-state index in [1.165, 1.54) is 6.07 Å². The number of hydrogen-bond donors (Lipinski definition) is 2. The van der Waals surface area contributed by atoms with Crippen molar-refractivity contribution in [3.8, 4) is 16.8 Å². The molecule has 0 unspecified atom stereocenters. The van der Waals surface area contributed by atoms with Crippen LogP contribution < -0.4 is 40.0 Å². The Morgan fingerprint density at radius 1 is 0.923 bits per heavy atom. The molecule has 0 spiro atoms. The smallest absolute Gasteiger partial charge is 0.448 e. The molecule has 2 amide bonds. The van der Waals surface area contributed by atoms with Crippen LogP contribution in [0.25, 0.3) is 21.5 Å². The number of amides is 2. The van der Waals surface area contributed by atoms with Crippen molar-refractivity contribution in [2.45, 2.75) is 30.1 Å². The van der Waals surface area contributed by atoms with Gasteiger partial charge in [-0.15, -0.1) is 0 Å². The zero-order chi connectivity index (χ0) is 27.5. The van der Waals surface area contributed by atoms with Gasteiger partial charge in [0.1, 0.15) is 0 Å². The van der Waals surface area contributed by atoms with Gasteiger partial charge in [0.25, 0.3) is 0 Å². The topological polar surface area (TPSA) is 155 Å². The van der Waals surface area contributed by atoms with Crippen LogP contribution in [0.15, 0.2) is 88.7 Å². The van der Waals surface area contributed by atoms with Crippen LogP contribution in [-0.4, -0.2) is 39.2 Å². The minimum absolute atomic E-state index is 0. The van der Waals surface area contributed by atoms with E-state index in [4.69, 9.17) is 10.2 Å². The quantitative estimate of drug-likeness (QED) is 0.297. The number of sulfonamides is 2. The van der Waals surface area contributed by atoms with Gasteiger partial charge < -0.3 is 10.0 Å². The van der Waals surface area contributed by atoms with Crippen LogP contribution in [0, 0.1) is 13.8 Å². The van der Waals surface area contributed by atoms with E-state index in [9.17, 15) is 21.6 Å². The first-order chi connectivity index (χ1) is 18.0. The number of aromatic nitrogens is 2. The van der Waals surface area contributed by atoms with E-state index < -0.39 is 35.9 Å². The van der Waals surface area contributed by atoms with Gasteiger partial charge in [0.2, 0.25) is 20.0 Å². The zero-order valence-corrected chi connectivity index (χ0v) is 25.3. The number of hydrogen-bond acceptors (Lipinski definition) is 6. The first kappa shape index (κ1) is 30.5. The Balaban J connectivity index is 0.00000420. The van der Waals surface area contributed by atoms with E-state index in [-0.39, 0.29) is 36.1 Å². The van der Waals surface area contributed by atoms with Crippen molar-refractivity contribution < 1.29 is 51.2 Å². The Labute approximate surface area is 250 Å². The average molecular weight is 576 g/mol. The molecule has 39 heavy (non-hydrogen) atoms. The molecule has 198 valence electrons. The molecule has 0 aliphatic heterocycles. The largest absolute Gasteiger partial charge is 1.00 e. The molecule has 0 aliphatic rings. The number of benzene rings is 3. The van der Waals surface area contributed by atoms with Crippen molar-refractivity contribution in [1.29, 1.82) is 0 Å². The molecule has 1 aromatic heterocycles. The van der Waals surface area contributed by atoms with Gasteiger partial charge in [0.05, 0.1) is 21.2 Å². The summed E-state index contributed by atoms with van der Waals surface area (Å²) < 4.78 is 52.8. The summed E-state index contributed by atoms with van der Waals surface area (Å²) in [5.41, 5.74) is 5.95. The first-order valence-corrected chi connectivity index (χ1v) is 14.5. The molecule has 0 fully saturated rings. The molecule has 4 rings (SSSR count). The maximum Gasteiger partial charge on any atom is 1.00 e. The fourth-order valence-electron chi connectivity index (χ4n) is 4.04. The Bertz CT molecular complexity index is 1690. The first-order valence-electron chi connectivity index (χ1n) is 11.6. The maximum absolute atomic E-state index is 12.4. The SMILES string of the molecule is Cc1nn(-c2ccc(CCNC(=O)[N-]S(=O)(=O)c3cccc(S(N)(=O)=O)c3)cc2)c(C)c1-c1ccccc1.[Na+]. The second-order valence-electron chi connectivity index (χ2n) is 8.56. The minimum atomic E-state index is -4.42. The van der Waals surface area contributed by atoms with Gasteiger partial charge >= 0.3 is 29.6 Å². The number of urea groups is 1. The molecule has 0 atom stereocenters. The Morgan fingerprint density at radius 2 is 1.56 bits per heavy atom. The summed E-state index contributed by atoms with van der Waals surface area (Å²) in [6.07, 6.45) is 0.439. The van der Waals surface area contributed by atoms with Gasteiger partial charge in [-0.25, -0.2) is 26.7 Å². The summed E-state index contributed by atoms with van der Waals surface area (Å²) in [4.78, 5) is 11.3. The molecule has 4 aromatic rings. The van der Waals surface area contributed by atoms with Gasteiger partial charge in [-0.2, -0.15) is 5.10 Å². The Kier molecular flexibility index (Phi) is 9.75. The molecular formula is C26H26N5NaO5S2. The third-order valence-corrected chi connectivity index (χ3v) is 8.03. The Morgan fingerprint density at radius 3 is 2.21 bits per heavy atom. The summed E-state index contributed by atoms with van der Waals surface area (Å²) in [6, 6.07) is 21.0. The number of carbonyl (C=O) groups excluding carboxylic acids is 1.